The van der Waals surface area contributed by atoms with Crippen LogP contribution in [0.5, 0.6) is 0 Å². The van der Waals surface area contributed by atoms with Gasteiger partial charge in [-0.2, -0.15) is 13.2 Å². The lowest BCUT2D eigenvalue weighted by Crippen LogP contribution is -2.42. The van der Waals surface area contributed by atoms with E-state index in [9.17, 15) is 31.9 Å². The molecule has 3 atom stereocenters. The van der Waals surface area contributed by atoms with Crippen LogP contribution in [0.1, 0.15) is 60.8 Å². The molecule has 0 saturated heterocycles. The van der Waals surface area contributed by atoms with Crippen LogP contribution in [0.15, 0.2) is 48.5 Å². The van der Waals surface area contributed by atoms with Crippen LogP contribution in [0.2, 0.25) is 0 Å². The monoisotopic (exact) mass is 523 g/mol. The van der Waals surface area contributed by atoms with Crippen LogP contribution < -0.4 is 16.4 Å². The number of nitrogens with two attached hydrogens (primary N) is 1. The predicted molar refractivity (Wildman–Crippen MR) is 126 cm³/mol. The topological polar surface area (TPSA) is 111 Å². The lowest BCUT2D eigenvalue weighted by molar-refractivity contribution is -0.133. The minimum atomic E-state index is -4.36. The number of halogens is 4. The highest BCUT2D eigenvalue weighted by Crippen LogP contribution is 2.38. The molecule has 0 spiro atoms. The molecule has 0 aromatic heterocycles. The molecule has 3 amide bonds. The van der Waals surface area contributed by atoms with Crippen molar-refractivity contribution >= 4 is 17.9 Å². The molecule has 11 heteroatoms. The minimum absolute atomic E-state index is 0.115. The van der Waals surface area contributed by atoms with Crippen LogP contribution in [-0.2, 0) is 20.9 Å². The number of primary amides is 1. The maximum Gasteiger partial charge on any atom is 0.407 e. The molecule has 1 aliphatic rings. The molecule has 0 heterocycles. The van der Waals surface area contributed by atoms with Crippen molar-refractivity contribution in [3.63, 3.8) is 0 Å². The molecule has 0 bridgehead atoms. The number of nitrogens with one attached hydrogen (secondary N) is 2. The van der Waals surface area contributed by atoms with Gasteiger partial charge in [-0.05, 0) is 47.6 Å². The van der Waals surface area contributed by atoms with E-state index in [-0.39, 0.29) is 18.4 Å². The van der Waals surface area contributed by atoms with Gasteiger partial charge in [-0.3, -0.25) is 9.59 Å². The first kappa shape index (κ1) is 27.9. The molecule has 7 nitrogen and oxygen atoms in total. The van der Waals surface area contributed by atoms with Crippen LogP contribution >= 0.6 is 0 Å². The van der Waals surface area contributed by atoms with Gasteiger partial charge in [-0.15, -0.1) is 0 Å². The van der Waals surface area contributed by atoms with Crippen molar-refractivity contribution in [1.29, 1.82) is 0 Å². The van der Waals surface area contributed by atoms with Gasteiger partial charge in [0.05, 0.1) is 6.42 Å². The molecule has 4 N–H and O–H groups in total. The Morgan fingerprint density at radius 1 is 1.00 bits per heavy atom. The first-order valence-electron chi connectivity index (χ1n) is 11.9. The molecule has 3 rings (SSSR count). The standard InChI is InChI=1S/C26H29F4N3O4/c27-19-11-9-18(10-12-19)22(23(31)34)33-24(35)21-4-2-1-3-20(21)17-7-5-16(6-8-17)15-37-25(36)32-14-13-26(28,29)30/h5-12,20-22H,1-4,13-15H2,(H2,31,34)(H,32,36)(H,33,35). The maximum atomic E-state index is 13.3. The molecular formula is C26H29F4N3O4. The Balaban J connectivity index is 1.60. The zero-order valence-electron chi connectivity index (χ0n) is 20.0. The molecule has 1 fully saturated rings. The summed E-state index contributed by atoms with van der Waals surface area (Å²) in [7, 11) is 0. The first-order valence-corrected chi connectivity index (χ1v) is 11.9. The summed E-state index contributed by atoms with van der Waals surface area (Å²) in [6, 6.07) is 11.2. The Kier molecular flexibility index (Phi) is 9.48. The highest BCUT2D eigenvalue weighted by Gasteiger charge is 2.34. The summed E-state index contributed by atoms with van der Waals surface area (Å²) in [6.07, 6.45) is -3.30. The quantitative estimate of drug-likeness (QED) is 0.417. The van der Waals surface area contributed by atoms with E-state index in [1.807, 2.05) is 12.1 Å². The minimum Gasteiger partial charge on any atom is -0.445 e. The lowest BCUT2D eigenvalue weighted by atomic mass is 9.74. The van der Waals surface area contributed by atoms with Crippen molar-refractivity contribution < 1.29 is 36.7 Å². The summed E-state index contributed by atoms with van der Waals surface area (Å²) >= 11 is 0. The Hall–Kier alpha value is -3.63. The molecule has 1 aliphatic carbocycles. The molecular weight excluding hydrogens is 494 g/mol. The zero-order chi connectivity index (χ0) is 27.0. The third kappa shape index (κ3) is 8.47. The Bertz CT molecular complexity index is 1070. The van der Waals surface area contributed by atoms with Crippen LogP contribution in [0, 0.1) is 11.7 Å². The Morgan fingerprint density at radius 2 is 1.65 bits per heavy atom. The average Bonchev–Trinajstić information content (AvgIpc) is 2.86. The second-order valence-corrected chi connectivity index (χ2v) is 9.00. The second-order valence-electron chi connectivity index (χ2n) is 9.00. The van der Waals surface area contributed by atoms with E-state index in [0.29, 0.717) is 17.5 Å². The van der Waals surface area contributed by atoms with E-state index in [1.165, 1.54) is 24.3 Å². The SMILES string of the molecule is NC(=O)C(NC(=O)C1CCCCC1c1ccc(COC(=O)NCCC(F)(F)F)cc1)c1ccc(F)cc1. The summed E-state index contributed by atoms with van der Waals surface area (Å²) in [4.78, 5) is 36.8. The number of benzene rings is 2. The number of carbonyl (C=O) groups excluding carboxylic acids is 3. The number of alkyl halides is 3. The molecule has 200 valence electrons. The van der Waals surface area contributed by atoms with E-state index >= 15 is 0 Å². The molecule has 2 aromatic carbocycles. The summed E-state index contributed by atoms with van der Waals surface area (Å²) in [6.45, 7) is -0.686. The summed E-state index contributed by atoms with van der Waals surface area (Å²) in [5.74, 6) is -2.06. The van der Waals surface area contributed by atoms with Gasteiger partial charge >= 0.3 is 12.3 Å². The Labute approximate surface area is 211 Å². The largest absolute Gasteiger partial charge is 0.445 e. The number of rotatable bonds is 9. The van der Waals surface area contributed by atoms with Crippen molar-refractivity contribution in [3.05, 3.63) is 71.0 Å². The van der Waals surface area contributed by atoms with Crippen LogP contribution in [-0.4, -0.2) is 30.6 Å². The van der Waals surface area contributed by atoms with Gasteiger partial charge < -0.3 is 21.1 Å². The Morgan fingerprint density at radius 3 is 2.27 bits per heavy atom. The van der Waals surface area contributed by atoms with Gasteiger partial charge in [0.15, 0.2) is 0 Å². The van der Waals surface area contributed by atoms with Gasteiger partial charge in [0.2, 0.25) is 11.8 Å². The predicted octanol–water partition coefficient (Wildman–Crippen LogP) is 4.62. The van der Waals surface area contributed by atoms with Gasteiger partial charge in [-0.1, -0.05) is 49.2 Å². The van der Waals surface area contributed by atoms with Gasteiger partial charge in [-0.25, -0.2) is 9.18 Å². The number of alkyl carbamates (subject to hydrolysis) is 1. The van der Waals surface area contributed by atoms with E-state index < -0.39 is 48.9 Å². The van der Waals surface area contributed by atoms with E-state index in [2.05, 4.69) is 10.6 Å². The highest BCUT2D eigenvalue weighted by atomic mass is 19.4. The van der Waals surface area contributed by atoms with Crippen molar-refractivity contribution in [2.75, 3.05) is 6.54 Å². The number of hydrogen-bond acceptors (Lipinski definition) is 4. The number of carbonyl (C=O) groups is 3. The van der Waals surface area contributed by atoms with Gasteiger partial charge in [0.25, 0.3) is 0 Å². The van der Waals surface area contributed by atoms with E-state index in [0.717, 1.165) is 24.8 Å². The normalized spacial score (nSPS) is 18.5. The lowest BCUT2D eigenvalue weighted by Gasteiger charge is -2.32. The number of amides is 3. The average molecular weight is 524 g/mol. The summed E-state index contributed by atoms with van der Waals surface area (Å²) in [5, 5.41) is 4.77. The van der Waals surface area contributed by atoms with Crippen LogP contribution in [0.25, 0.3) is 0 Å². The molecule has 3 unspecified atom stereocenters. The van der Waals surface area contributed by atoms with Gasteiger partial charge in [0.1, 0.15) is 18.5 Å². The van der Waals surface area contributed by atoms with Crippen LogP contribution in [0.4, 0.5) is 22.4 Å². The summed E-state index contributed by atoms with van der Waals surface area (Å²) in [5.41, 5.74) is 7.43. The van der Waals surface area contributed by atoms with Crippen molar-refractivity contribution in [2.24, 2.45) is 11.7 Å². The van der Waals surface area contributed by atoms with Crippen molar-refractivity contribution in [1.82, 2.24) is 10.6 Å². The van der Waals surface area contributed by atoms with Crippen LogP contribution in [0.3, 0.4) is 0 Å². The fourth-order valence-electron chi connectivity index (χ4n) is 4.43. The van der Waals surface area contributed by atoms with Crippen molar-refractivity contribution in [2.45, 2.75) is 56.8 Å². The third-order valence-electron chi connectivity index (χ3n) is 6.33. The summed E-state index contributed by atoms with van der Waals surface area (Å²) < 4.78 is 54.7. The first-order chi connectivity index (χ1) is 17.5. The highest BCUT2D eigenvalue weighted by molar-refractivity contribution is 5.89. The number of ether oxygens (including phenoxy) is 1. The zero-order valence-corrected chi connectivity index (χ0v) is 20.0. The molecule has 1 saturated carbocycles. The molecule has 37 heavy (non-hydrogen) atoms. The number of hydrogen-bond donors (Lipinski definition) is 3. The molecule has 0 aliphatic heterocycles. The fourth-order valence-corrected chi connectivity index (χ4v) is 4.43. The van der Waals surface area contributed by atoms with E-state index in [1.54, 1.807) is 12.1 Å². The van der Waals surface area contributed by atoms with Crippen molar-refractivity contribution in [3.8, 4) is 0 Å². The molecule has 2 aromatic rings. The van der Waals surface area contributed by atoms with E-state index in [4.69, 9.17) is 10.5 Å². The fraction of sp³-hybridized carbons (Fsp3) is 0.423. The second kappa shape index (κ2) is 12.6. The van der Waals surface area contributed by atoms with Gasteiger partial charge in [0, 0.05) is 12.5 Å². The smallest absolute Gasteiger partial charge is 0.407 e. The third-order valence-corrected chi connectivity index (χ3v) is 6.33. The maximum absolute atomic E-state index is 13.3. The molecule has 0 radical (unpaired) electrons.